The zero-order valence-electron chi connectivity index (χ0n) is 13.1. The predicted octanol–water partition coefficient (Wildman–Crippen LogP) is 0.206. The van der Waals surface area contributed by atoms with Gasteiger partial charge in [0.2, 0.25) is 5.91 Å². The van der Waals surface area contributed by atoms with E-state index in [2.05, 4.69) is 9.97 Å². The van der Waals surface area contributed by atoms with E-state index >= 15 is 0 Å². The molecular formula is C14H19N3O5S. The Kier molecular flexibility index (Phi) is 6.17. The predicted molar refractivity (Wildman–Crippen MR) is 83.7 cm³/mol. The molecule has 1 aromatic heterocycles. The van der Waals surface area contributed by atoms with E-state index in [4.69, 9.17) is 9.47 Å². The summed E-state index contributed by atoms with van der Waals surface area (Å²) < 4.78 is 10.2. The Morgan fingerprint density at radius 1 is 1.39 bits per heavy atom. The average Bonchev–Trinajstić information content (AvgIpc) is 2.53. The molecule has 1 amide bonds. The van der Waals surface area contributed by atoms with E-state index in [0.29, 0.717) is 32.0 Å². The number of nitrogens with one attached hydrogen (secondary N) is 1. The van der Waals surface area contributed by atoms with Crippen LogP contribution in [0.1, 0.15) is 23.0 Å². The summed E-state index contributed by atoms with van der Waals surface area (Å²) in [5.74, 6) is -0.537. The van der Waals surface area contributed by atoms with Crippen molar-refractivity contribution in [2.75, 3.05) is 38.7 Å². The van der Waals surface area contributed by atoms with Crippen LogP contribution in [0.4, 0.5) is 0 Å². The number of ether oxygens (including phenoxy) is 2. The number of hydrogen-bond donors (Lipinski definition) is 1. The average molecular weight is 341 g/mol. The largest absolute Gasteiger partial charge is 0.462 e. The molecule has 0 aromatic carbocycles. The number of aromatic amines is 1. The second-order valence-corrected chi connectivity index (χ2v) is 5.81. The Hall–Kier alpha value is -1.87. The van der Waals surface area contributed by atoms with Crippen molar-refractivity contribution in [1.82, 2.24) is 14.9 Å². The standard InChI is InChI=1S/C14H19N3O5S/c1-3-22-13(19)11-9(2)15-14(20)16-12(11)23-8-10(18)17-4-6-21-7-5-17/h3-8H2,1-2H3,(H,15,16,20). The van der Waals surface area contributed by atoms with Crippen molar-refractivity contribution in [3.63, 3.8) is 0 Å². The molecule has 23 heavy (non-hydrogen) atoms. The van der Waals surface area contributed by atoms with E-state index in [1.54, 1.807) is 18.7 Å². The van der Waals surface area contributed by atoms with Gasteiger partial charge in [-0.3, -0.25) is 4.79 Å². The van der Waals surface area contributed by atoms with Crippen LogP contribution < -0.4 is 5.69 Å². The molecule has 126 valence electrons. The fourth-order valence-corrected chi connectivity index (χ4v) is 3.11. The Balaban J connectivity index is 2.13. The van der Waals surface area contributed by atoms with Crippen LogP contribution in [0.15, 0.2) is 9.82 Å². The number of morpholine rings is 1. The Bertz CT molecular complexity index is 640. The van der Waals surface area contributed by atoms with Crippen molar-refractivity contribution >= 4 is 23.6 Å². The number of aromatic nitrogens is 2. The highest BCUT2D eigenvalue weighted by molar-refractivity contribution is 8.00. The molecule has 0 atom stereocenters. The number of aryl methyl sites for hydroxylation is 1. The van der Waals surface area contributed by atoms with Crippen molar-refractivity contribution in [2.45, 2.75) is 18.9 Å². The van der Waals surface area contributed by atoms with E-state index in [-0.39, 0.29) is 28.9 Å². The van der Waals surface area contributed by atoms with Gasteiger partial charge in [0, 0.05) is 18.8 Å². The molecule has 1 aliphatic rings. The topological polar surface area (TPSA) is 102 Å². The number of H-pyrrole nitrogens is 1. The lowest BCUT2D eigenvalue weighted by atomic mass is 10.2. The molecule has 1 aromatic rings. The molecule has 0 bridgehead atoms. The van der Waals surface area contributed by atoms with Gasteiger partial charge in [-0.1, -0.05) is 11.8 Å². The van der Waals surface area contributed by atoms with Gasteiger partial charge in [-0.15, -0.1) is 0 Å². The van der Waals surface area contributed by atoms with Gasteiger partial charge in [0.05, 0.1) is 25.6 Å². The summed E-state index contributed by atoms with van der Waals surface area (Å²) in [6, 6.07) is 0. The highest BCUT2D eigenvalue weighted by Crippen LogP contribution is 2.22. The van der Waals surface area contributed by atoms with Crippen LogP contribution in [-0.4, -0.2) is 65.4 Å². The van der Waals surface area contributed by atoms with Crippen molar-refractivity contribution in [3.8, 4) is 0 Å². The second kappa shape index (κ2) is 8.11. The number of amides is 1. The van der Waals surface area contributed by atoms with Crippen LogP contribution >= 0.6 is 11.8 Å². The minimum Gasteiger partial charge on any atom is -0.462 e. The van der Waals surface area contributed by atoms with E-state index in [1.165, 1.54) is 0 Å². The maximum Gasteiger partial charge on any atom is 0.346 e. The van der Waals surface area contributed by atoms with Gasteiger partial charge in [-0.2, -0.15) is 4.98 Å². The van der Waals surface area contributed by atoms with E-state index in [0.717, 1.165) is 11.8 Å². The van der Waals surface area contributed by atoms with Crippen molar-refractivity contribution < 1.29 is 19.1 Å². The molecule has 0 spiro atoms. The van der Waals surface area contributed by atoms with Gasteiger partial charge in [0.15, 0.2) is 0 Å². The van der Waals surface area contributed by atoms with Crippen LogP contribution in [0.3, 0.4) is 0 Å². The molecule has 2 rings (SSSR count). The molecule has 0 aliphatic carbocycles. The number of thioether (sulfide) groups is 1. The Morgan fingerprint density at radius 2 is 2.09 bits per heavy atom. The lowest BCUT2D eigenvalue weighted by Crippen LogP contribution is -2.41. The van der Waals surface area contributed by atoms with Gasteiger partial charge in [-0.05, 0) is 13.8 Å². The third-order valence-electron chi connectivity index (χ3n) is 3.26. The monoisotopic (exact) mass is 341 g/mol. The zero-order chi connectivity index (χ0) is 16.8. The third-order valence-corrected chi connectivity index (χ3v) is 4.22. The summed E-state index contributed by atoms with van der Waals surface area (Å²) in [6.45, 7) is 5.65. The lowest BCUT2D eigenvalue weighted by Gasteiger charge is -2.26. The van der Waals surface area contributed by atoms with E-state index in [9.17, 15) is 14.4 Å². The van der Waals surface area contributed by atoms with Gasteiger partial charge >= 0.3 is 11.7 Å². The fraction of sp³-hybridized carbons (Fsp3) is 0.571. The normalized spacial score (nSPS) is 14.6. The van der Waals surface area contributed by atoms with E-state index in [1.807, 2.05) is 0 Å². The maximum absolute atomic E-state index is 12.2. The summed E-state index contributed by atoms with van der Waals surface area (Å²) >= 11 is 1.07. The molecule has 1 fully saturated rings. The van der Waals surface area contributed by atoms with Gasteiger partial charge < -0.3 is 19.4 Å². The molecule has 2 heterocycles. The first-order valence-electron chi connectivity index (χ1n) is 7.29. The summed E-state index contributed by atoms with van der Waals surface area (Å²) in [5.41, 5.74) is 0.0212. The van der Waals surface area contributed by atoms with Gasteiger partial charge in [0.25, 0.3) is 0 Å². The summed E-state index contributed by atoms with van der Waals surface area (Å²) in [7, 11) is 0. The van der Waals surface area contributed by atoms with Crippen LogP contribution in [0, 0.1) is 6.92 Å². The Morgan fingerprint density at radius 3 is 2.74 bits per heavy atom. The molecule has 0 unspecified atom stereocenters. The molecule has 1 saturated heterocycles. The first kappa shape index (κ1) is 17.5. The zero-order valence-corrected chi connectivity index (χ0v) is 13.9. The molecule has 9 heteroatoms. The minimum atomic E-state index is -0.560. The molecule has 1 aliphatic heterocycles. The number of carbonyl (C=O) groups excluding carboxylic acids is 2. The quantitative estimate of drug-likeness (QED) is 0.464. The number of hydrogen-bond acceptors (Lipinski definition) is 7. The lowest BCUT2D eigenvalue weighted by molar-refractivity contribution is -0.132. The van der Waals surface area contributed by atoms with Crippen molar-refractivity contribution in [1.29, 1.82) is 0 Å². The minimum absolute atomic E-state index is 0.0761. The number of carbonyl (C=O) groups is 2. The first-order chi connectivity index (χ1) is 11.0. The first-order valence-corrected chi connectivity index (χ1v) is 8.27. The highest BCUT2D eigenvalue weighted by Gasteiger charge is 2.22. The fourth-order valence-electron chi connectivity index (χ4n) is 2.14. The SMILES string of the molecule is CCOC(=O)c1c(SCC(=O)N2CCOCC2)nc(=O)[nH]c1C. The molecule has 8 nitrogen and oxygen atoms in total. The highest BCUT2D eigenvalue weighted by atomic mass is 32.2. The second-order valence-electron chi connectivity index (χ2n) is 4.85. The van der Waals surface area contributed by atoms with Gasteiger partial charge in [-0.25, -0.2) is 9.59 Å². The summed E-state index contributed by atoms with van der Waals surface area (Å²) in [6.07, 6.45) is 0. The van der Waals surface area contributed by atoms with E-state index < -0.39 is 11.7 Å². The Labute approximate surface area is 137 Å². The van der Waals surface area contributed by atoms with Crippen LogP contribution in [0.2, 0.25) is 0 Å². The summed E-state index contributed by atoms with van der Waals surface area (Å²) in [4.78, 5) is 43.7. The smallest absolute Gasteiger partial charge is 0.346 e. The van der Waals surface area contributed by atoms with Crippen molar-refractivity contribution in [2.24, 2.45) is 0 Å². The van der Waals surface area contributed by atoms with Gasteiger partial charge in [0.1, 0.15) is 10.6 Å². The molecule has 0 saturated carbocycles. The maximum atomic E-state index is 12.2. The molecule has 0 radical (unpaired) electrons. The molecule has 1 N–H and O–H groups in total. The van der Waals surface area contributed by atoms with Crippen LogP contribution in [0.5, 0.6) is 0 Å². The summed E-state index contributed by atoms with van der Waals surface area (Å²) in [5, 5.41) is 0.214. The third kappa shape index (κ3) is 4.55. The van der Waals surface area contributed by atoms with Crippen LogP contribution in [0.25, 0.3) is 0 Å². The number of rotatable bonds is 5. The van der Waals surface area contributed by atoms with Crippen molar-refractivity contribution in [3.05, 3.63) is 21.7 Å². The number of nitrogens with zero attached hydrogens (tertiary/aromatic N) is 2. The van der Waals surface area contributed by atoms with Crippen LogP contribution in [-0.2, 0) is 14.3 Å². The molecular weight excluding hydrogens is 322 g/mol. The number of esters is 1.